The molecular weight excluding hydrogens is 321 g/mol. The number of aryl methyl sites for hydroxylation is 1. The van der Waals surface area contributed by atoms with Gasteiger partial charge in [0.25, 0.3) is 0 Å². The molecule has 8 heteroatoms. The van der Waals surface area contributed by atoms with E-state index in [0.717, 1.165) is 11.2 Å². The van der Waals surface area contributed by atoms with E-state index in [1.165, 1.54) is 4.90 Å². The van der Waals surface area contributed by atoms with Crippen molar-refractivity contribution in [2.45, 2.75) is 19.6 Å². The van der Waals surface area contributed by atoms with Gasteiger partial charge in [0, 0.05) is 25.5 Å². The molecule has 0 bridgehead atoms. The number of rotatable bonds is 3. The van der Waals surface area contributed by atoms with E-state index in [1.807, 2.05) is 29.7 Å². The van der Waals surface area contributed by atoms with Crippen molar-refractivity contribution in [1.29, 1.82) is 0 Å². The summed E-state index contributed by atoms with van der Waals surface area (Å²) in [5.41, 5.74) is 2.42. The second-order valence-electron chi connectivity index (χ2n) is 6.40. The summed E-state index contributed by atoms with van der Waals surface area (Å²) in [6, 6.07) is 3.83. The summed E-state index contributed by atoms with van der Waals surface area (Å²) in [6.07, 6.45) is -0.751. The molecule has 0 radical (unpaired) electrons. The number of halogens is 3. The summed E-state index contributed by atoms with van der Waals surface area (Å²) in [6.45, 7) is 2.03. The molecule has 1 N–H and O–H groups in total. The normalized spacial score (nSPS) is 22.2. The minimum atomic E-state index is -4.37. The van der Waals surface area contributed by atoms with Gasteiger partial charge in [0.05, 0.1) is 24.1 Å². The first-order chi connectivity index (χ1) is 11.2. The van der Waals surface area contributed by atoms with Crippen LogP contribution in [0.1, 0.15) is 11.3 Å². The van der Waals surface area contributed by atoms with Crippen molar-refractivity contribution in [3.8, 4) is 0 Å². The van der Waals surface area contributed by atoms with Crippen LogP contribution in [-0.4, -0.2) is 46.5 Å². The van der Waals surface area contributed by atoms with E-state index in [0.29, 0.717) is 5.69 Å². The molecule has 0 spiro atoms. The Bertz CT molecular complexity index is 755. The maximum Gasteiger partial charge on any atom is 0.393 e. The quantitative estimate of drug-likeness (QED) is 0.930. The highest BCUT2D eigenvalue weighted by molar-refractivity contribution is 5.79. The first kappa shape index (κ1) is 16.8. The summed E-state index contributed by atoms with van der Waals surface area (Å²) in [5.74, 6) is -3.27. The Hall–Kier alpha value is -2.09. The van der Waals surface area contributed by atoms with Crippen LogP contribution in [0.15, 0.2) is 24.5 Å². The number of likely N-dealkylation sites (tertiary alicyclic amines) is 1. The molecule has 3 heterocycles. The minimum Gasteiger partial charge on any atom is -0.350 e. The monoisotopic (exact) mass is 340 g/mol. The summed E-state index contributed by atoms with van der Waals surface area (Å²) in [5, 5.41) is 2.60. The van der Waals surface area contributed by atoms with E-state index < -0.39 is 23.9 Å². The Morgan fingerprint density at radius 2 is 2.17 bits per heavy atom. The zero-order chi connectivity index (χ0) is 17.5. The van der Waals surface area contributed by atoms with Gasteiger partial charge in [0.1, 0.15) is 5.65 Å². The number of aromatic nitrogens is 2. The molecule has 130 valence electrons. The number of hydrogen-bond donors (Lipinski definition) is 1. The number of carbonyl (C=O) groups excluding carboxylic acids is 1. The Balaban J connectivity index is 1.67. The van der Waals surface area contributed by atoms with Crippen LogP contribution in [0.2, 0.25) is 0 Å². The van der Waals surface area contributed by atoms with E-state index >= 15 is 0 Å². The van der Waals surface area contributed by atoms with E-state index in [2.05, 4.69) is 10.3 Å². The molecule has 24 heavy (non-hydrogen) atoms. The second-order valence-corrected chi connectivity index (χ2v) is 6.40. The standard InChI is InChI=1S/C16H19F3N4O/c1-10-3-4-23-7-11(21-14(23)5-10)6-20-15(24)12-8-22(2)9-13(12)16(17,18)19/h3-5,7,12-13H,6,8-9H2,1-2H3,(H,20,24)/t12-,13-/m1/s1. The molecular formula is C16H19F3N4O. The zero-order valence-electron chi connectivity index (χ0n) is 13.5. The van der Waals surface area contributed by atoms with Gasteiger partial charge in [0.2, 0.25) is 5.91 Å². The predicted octanol–water partition coefficient (Wildman–Crippen LogP) is 2.00. The highest BCUT2D eigenvalue weighted by atomic mass is 19.4. The number of fused-ring (bicyclic) bond motifs is 1. The Labute approximate surface area is 137 Å². The van der Waals surface area contributed by atoms with E-state index in [-0.39, 0.29) is 19.6 Å². The molecule has 1 fully saturated rings. The number of alkyl halides is 3. The number of amides is 1. The summed E-state index contributed by atoms with van der Waals surface area (Å²) in [4.78, 5) is 18.1. The Morgan fingerprint density at radius 3 is 2.88 bits per heavy atom. The molecule has 0 saturated carbocycles. The summed E-state index contributed by atoms with van der Waals surface area (Å²) in [7, 11) is 1.59. The molecule has 5 nitrogen and oxygen atoms in total. The maximum absolute atomic E-state index is 13.1. The molecule has 1 aliphatic rings. The molecule has 2 aromatic rings. The van der Waals surface area contributed by atoms with Crippen molar-refractivity contribution >= 4 is 11.6 Å². The molecule has 2 aromatic heterocycles. The maximum atomic E-state index is 13.1. The second kappa shape index (κ2) is 6.08. The number of carbonyl (C=O) groups is 1. The first-order valence-corrected chi connectivity index (χ1v) is 7.71. The fourth-order valence-corrected chi connectivity index (χ4v) is 3.13. The highest BCUT2D eigenvalue weighted by Crippen LogP contribution is 2.37. The third kappa shape index (κ3) is 3.38. The molecule has 0 aliphatic carbocycles. The topological polar surface area (TPSA) is 49.6 Å². The van der Waals surface area contributed by atoms with Crippen LogP contribution in [0, 0.1) is 18.8 Å². The number of imidazole rings is 1. The Kier molecular flexibility index (Phi) is 4.25. The van der Waals surface area contributed by atoms with Crippen LogP contribution in [-0.2, 0) is 11.3 Å². The lowest BCUT2D eigenvalue weighted by Crippen LogP contribution is -2.39. The van der Waals surface area contributed by atoms with Gasteiger partial charge in [0.15, 0.2) is 0 Å². The predicted molar refractivity (Wildman–Crippen MR) is 82.3 cm³/mol. The van der Waals surface area contributed by atoms with Gasteiger partial charge >= 0.3 is 6.18 Å². The fraction of sp³-hybridized carbons (Fsp3) is 0.500. The third-order valence-corrected chi connectivity index (χ3v) is 4.37. The smallest absolute Gasteiger partial charge is 0.350 e. The van der Waals surface area contributed by atoms with E-state index in [9.17, 15) is 18.0 Å². The highest BCUT2D eigenvalue weighted by Gasteiger charge is 2.51. The summed E-state index contributed by atoms with van der Waals surface area (Å²) < 4.78 is 41.0. The van der Waals surface area contributed by atoms with Crippen molar-refractivity contribution < 1.29 is 18.0 Å². The van der Waals surface area contributed by atoms with Crippen molar-refractivity contribution in [2.24, 2.45) is 11.8 Å². The van der Waals surface area contributed by atoms with Crippen LogP contribution in [0.5, 0.6) is 0 Å². The molecule has 1 saturated heterocycles. The van der Waals surface area contributed by atoms with Crippen molar-refractivity contribution in [2.75, 3.05) is 20.1 Å². The van der Waals surface area contributed by atoms with Gasteiger partial charge in [-0.25, -0.2) is 4.98 Å². The first-order valence-electron chi connectivity index (χ1n) is 7.71. The minimum absolute atomic E-state index is 0.111. The average molecular weight is 340 g/mol. The largest absolute Gasteiger partial charge is 0.393 e. The SMILES string of the molecule is Cc1ccn2cc(CNC(=O)[C@@H]3CN(C)C[C@H]3C(F)(F)F)nc2c1. The molecule has 3 rings (SSSR count). The van der Waals surface area contributed by atoms with Crippen molar-refractivity contribution in [3.63, 3.8) is 0 Å². The number of nitrogens with zero attached hydrogens (tertiary/aromatic N) is 3. The van der Waals surface area contributed by atoms with Crippen molar-refractivity contribution in [1.82, 2.24) is 19.6 Å². The van der Waals surface area contributed by atoms with Crippen molar-refractivity contribution in [3.05, 3.63) is 35.8 Å². The lowest BCUT2D eigenvalue weighted by atomic mass is 9.94. The lowest BCUT2D eigenvalue weighted by molar-refractivity contribution is -0.183. The number of nitrogens with one attached hydrogen (secondary N) is 1. The third-order valence-electron chi connectivity index (χ3n) is 4.37. The Morgan fingerprint density at radius 1 is 1.42 bits per heavy atom. The molecule has 0 aromatic carbocycles. The lowest BCUT2D eigenvalue weighted by Gasteiger charge is -2.20. The van der Waals surface area contributed by atoms with E-state index in [1.54, 1.807) is 13.2 Å². The van der Waals surface area contributed by atoms with Crippen LogP contribution < -0.4 is 5.32 Å². The van der Waals surface area contributed by atoms with Gasteiger partial charge in [-0.3, -0.25) is 4.79 Å². The molecule has 1 aliphatic heterocycles. The number of hydrogen-bond acceptors (Lipinski definition) is 3. The van der Waals surface area contributed by atoms with Gasteiger partial charge in [-0.2, -0.15) is 13.2 Å². The average Bonchev–Trinajstić information content (AvgIpc) is 3.07. The van der Waals surface area contributed by atoms with Gasteiger partial charge < -0.3 is 14.6 Å². The molecule has 0 unspecified atom stereocenters. The van der Waals surface area contributed by atoms with Gasteiger partial charge in [-0.05, 0) is 31.7 Å². The van der Waals surface area contributed by atoms with Gasteiger partial charge in [-0.1, -0.05) is 0 Å². The summed E-state index contributed by atoms with van der Waals surface area (Å²) >= 11 is 0. The fourth-order valence-electron chi connectivity index (χ4n) is 3.13. The molecule has 2 atom stereocenters. The zero-order valence-corrected chi connectivity index (χ0v) is 13.5. The number of pyridine rings is 1. The van der Waals surface area contributed by atoms with Crippen LogP contribution in [0.4, 0.5) is 13.2 Å². The van der Waals surface area contributed by atoms with E-state index in [4.69, 9.17) is 0 Å². The van der Waals surface area contributed by atoms with Gasteiger partial charge in [-0.15, -0.1) is 0 Å². The van der Waals surface area contributed by atoms with Crippen LogP contribution in [0.3, 0.4) is 0 Å². The van der Waals surface area contributed by atoms with Crippen LogP contribution >= 0.6 is 0 Å². The molecule has 1 amide bonds. The van der Waals surface area contributed by atoms with Crippen LogP contribution in [0.25, 0.3) is 5.65 Å².